The highest BCUT2D eigenvalue weighted by atomic mass is 15.6. The third-order valence-corrected chi connectivity index (χ3v) is 1.77. The summed E-state index contributed by atoms with van der Waals surface area (Å²) in [5.41, 5.74) is 0. The molecule has 62 valence electrons. The molecular formula is C8H20N2. The zero-order valence-electron chi connectivity index (χ0n) is 7.72. The first-order valence-corrected chi connectivity index (χ1v) is 4.06. The van der Waals surface area contributed by atoms with E-state index in [2.05, 4.69) is 38.1 Å². The molecule has 0 fully saturated rings. The van der Waals surface area contributed by atoms with Gasteiger partial charge in [0, 0.05) is 27.7 Å². The maximum Gasteiger partial charge on any atom is 0.0130 e. The molecular weight excluding hydrogens is 124 g/mol. The van der Waals surface area contributed by atoms with Gasteiger partial charge in [-0.3, -0.25) is 0 Å². The molecule has 0 spiro atoms. The van der Waals surface area contributed by atoms with Crippen LogP contribution in [0.1, 0.15) is 26.2 Å². The molecule has 0 aromatic rings. The van der Waals surface area contributed by atoms with Crippen molar-refractivity contribution in [2.75, 3.05) is 27.7 Å². The van der Waals surface area contributed by atoms with E-state index in [-0.39, 0.29) is 0 Å². The molecule has 0 saturated carbocycles. The first-order valence-electron chi connectivity index (χ1n) is 4.06. The fourth-order valence-electron chi connectivity index (χ4n) is 0.791. The van der Waals surface area contributed by atoms with Gasteiger partial charge in [0.25, 0.3) is 0 Å². The molecule has 0 rings (SSSR count). The molecule has 0 aliphatic rings. The quantitative estimate of drug-likeness (QED) is 0.427. The average molecular weight is 144 g/mol. The Morgan fingerprint density at radius 3 is 2.00 bits per heavy atom. The second-order valence-corrected chi connectivity index (χ2v) is 2.94. The lowest BCUT2D eigenvalue weighted by Gasteiger charge is -2.23. The number of rotatable bonds is 5. The maximum absolute atomic E-state index is 2.23. The Balaban J connectivity index is 3.13. The predicted molar refractivity (Wildman–Crippen MR) is 45.8 cm³/mol. The van der Waals surface area contributed by atoms with Gasteiger partial charge in [-0.1, -0.05) is 19.8 Å². The molecule has 0 aliphatic carbocycles. The van der Waals surface area contributed by atoms with Crippen molar-refractivity contribution in [3.05, 3.63) is 0 Å². The third-order valence-electron chi connectivity index (χ3n) is 1.77. The number of hydrogen-bond acceptors (Lipinski definition) is 2. The summed E-state index contributed by atoms with van der Waals surface area (Å²) in [5.74, 6) is 0. The smallest absolute Gasteiger partial charge is 0.0130 e. The van der Waals surface area contributed by atoms with E-state index in [0.717, 1.165) is 0 Å². The molecule has 0 radical (unpaired) electrons. The van der Waals surface area contributed by atoms with Crippen LogP contribution in [-0.2, 0) is 0 Å². The highest BCUT2D eigenvalue weighted by molar-refractivity contribution is 4.44. The van der Waals surface area contributed by atoms with Crippen molar-refractivity contribution in [1.82, 2.24) is 10.0 Å². The maximum atomic E-state index is 2.23. The van der Waals surface area contributed by atoms with Crippen LogP contribution in [0, 0.1) is 0 Å². The van der Waals surface area contributed by atoms with Crippen molar-refractivity contribution in [2.45, 2.75) is 26.2 Å². The van der Waals surface area contributed by atoms with Gasteiger partial charge in [0.2, 0.25) is 0 Å². The molecule has 2 heteroatoms. The van der Waals surface area contributed by atoms with E-state index < -0.39 is 0 Å². The van der Waals surface area contributed by atoms with Gasteiger partial charge in [0.15, 0.2) is 0 Å². The standard InChI is InChI=1S/C8H20N2/c1-5-6-7-8-10(4)9(2)3/h5-8H2,1-4H3. The van der Waals surface area contributed by atoms with E-state index in [1.54, 1.807) is 0 Å². The van der Waals surface area contributed by atoms with E-state index >= 15 is 0 Å². The van der Waals surface area contributed by atoms with Gasteiger partial charge in [-0.15, -0.1) is 0 Å². The van der Waals surface area contributed by atoms with Crippen molar-refractivity contribution < 1.29 is 0 Å². The number of nitrogens with zero attached hydrogens (tertiary/aromatic N) is 2. The van der Waals surface area contributed by atoms with Crippen LogP contribution >= 0.6 is 0 Å². The highest BCUT2D eigenvalue weighted by Gasteiger charge is 1.97. The fourth-order valence-corrected chi connectivity index (χ4v) is 0.791. The molecule has 0 aromatic carbocycles. The summed E-state index contributed by atoms with van der Waals surface area (Å²) in [6.45, 7) is 3.41. The lowest BCUT2D eigenvalue weighted by molar-refractivity contribution is 0.0545. The minimum atomic E-state index is 1.18. The third kappa shape index (κ3) is 4.77. The molecule has 0 saturated heterocycles. The van der Waals surface area contributed by atoms with Crippen LogP contribution in [-0.4, -0.2) is 37.7 Å². The summed E-state index contributed by atoms with van der Waals surface area (Å²) in [5, 5.41) is 4.35. The summed E-state index contributed by atoms with van der Waals surface area (Å²) < 4.78 is 0. The molecule has 0 atom stereocenters. The molecule has 0 amide bonds. The zero-order valence-corrected chi connectivity index (χ0v) is 7.72. The van der Waals surface area contributed by atoms with Gasteiger partial charge in [-0.2, -0.15) is 0 Å². The van der Waals surface area contributed by atoms with Gasteiger partial charge >= 0.3 is 0 Å². The van der Waals surface area contributed by atoms with Crippen molar-refractivity contribution in [3.63, 3.8) is 0 Å². The van der Waals surface area contributed by atoms with E-state index in [9.17, 15) is 0 Å². The van der Waals surface area contributed by atoms with Crippen LogP contribution in [0.25, 0.3) is 0 Å². The van der Waals surface area contributed by atoms with Crippen molar-refractivity contribution in [1.29, 1.82) is 0 Å². The summed E-state index contributed by atoms with van der Waals surface area (Å²) in [6, 6.07) is 0. The largest absolute Gasteiger partial charge is 0.248 e. The Morgan fingerprint density at radius 1 is 1.00 bits per heavy atom. The molecule has 2 nitrogen and oxygen atoms in total. The highest BCUT2D eigenvalue weighted by Crippen LogP contribution is 1.96. The van der Waals surface area contributed by atoms with Gasteiger partial charge in [-0.25, -0.2) is 10.0 Å². The van der Waals surface area contributed by atoms with Crippen molar-refractivity contribution in [2.24, 2.45) is 0 Å². The van der Waals surface area contributed by atoms with Gasteiger partial charge in [0.1, 0.15) is 0 Å². The lowest BCUT2D eigenvalue weighted by Crippen LogP contribution is -2.33. The van der Waals surface area contributed by atoms with Gasteiger partial charge in [-0.05, 0) is 6.42 Å². The number of hydrogen-bond donors (Lipinski definition) is 0. The topological polar surface area (TPSA) is 6.48 Å². The minimum absolute atomic E-state index is 1.18. The number of hydrazine groups is 1. The van der Waals surface area contributed by atoms with Crippen LogP contribution in [0.5, 0.6) is 0 Å². The Kier molecular flexibility index (Phi) is 5.64. The normalized spacial score (nSPS) is 11.4. The van der Waals surface area contributed by atoms with Crippen molar-refractivity contribution in [3.8, 4) is 0 Å². The number of unbranched alkanes of at least 4 members (excludes halogenated alkanes) is 2. The van der Waals surface area contributed by atoms with Gasteiger partial charge < -0.3 is 0 Å². The van der Waals surface area contributed by atoms with Crippen LogP contribution < -0.4 is 0 Å². The van der Waals surface area contributed by atoms with E-state index in [1.165, 1.54) is 25.8 Å². The molecule has 10 heavy (non-hydrogen) atoms. The Morgan fingerprint density at radius 2 is 1.60 bits per heavy atom. The Hall–Kier alpha value is -0.0800. The second kappa shape index (κ2) is 5.69. The Labute approximate surface area is 64.8 Å². The van der Waals surface area contributed by atoms with E-state index in [4.69, 9.17) is 0 Å². The van der Waals surface area contributed by atoms with E-state index in [0.29, 0.717) is 0 Å². The van der Waals surface area contributed by atoms with Crippen LogP contribution in [0.3, 0.4) is 0 Å². The summed E-state index contributed by atoms with van der Waals surface area (Å²) >= 11 is 0. The molecule has 0 aromatic heterocycles. The van der Waals surface area contributed by atoms with Crippen molar-refractivity contribution >= 4 is 0 Å². The summed E-state index contributed by atoms with van der Waals surface area (Å²) in [7, 11) is 6.27. The average Bonchev–Trinajstić information content (AvgIpc) is 1.88. The first kappa shape index (κ1) is 9.92. The minimum Gasteiger partial charge on any atom is -0.248 e. The molecule has 0 aliphatic heterocycles. The summed E-state index contributed by atoms with van der Waals surface area (Å²) in [6.07, 6.45) is 3.96. The van der Waals surface area contributed by atoms with Crippen LogP contribution in [0.2, 0.25) is 0 Å². The Bertz CT molecular complexity index is 71.7. The molecule has 0 unspecified atom stereocenters. The lowest BCUT2D eigenvalue weighted by atomic mass is 10.2. The predicted octanol–water partition coefficient (Wildman–Crippen LogP) is 1.58. The fraction of sp³-hybridized carbons (Fsp3) is 1.00. The zero-order chi connectivity index (χ0) is 7.98. The monoisotopic (exact) mass is 144 g/mol. The van der Waals surface area contributed by atoms with Crippen LogP contribution in [0.4, 0.5) is 0 Å². The van der Waals surface area contributed by atoms with Gasteiger partial charge in [0.05, 0.1) is 0 Å². The molecule has 0 heterocycles. The second-order valence-electron chi connectivity index (χ2n) is 2.94. The SMILES string of the molecule is CCCCCN(C)N(C)C. The summed E-state index contributed by atoms with van der Waals surface area (Å²) in [4.78, 5) is 0. The van der Waals surface area contributed by atoms with E-state index in [1.807, 2.05) is 0 Å². The van der Waals surface area contributed by atoms with Crippen LogP contribution in [0.15, 0.2) is 0 Å². The molecule has 0 bridgehead atoms. The molecule has 0 N–H and O–H groups in total. The first-order chi connectivity index (χ1) is 4.68.